The molecule has 0 unspecified atom stereocenters. The Morgan fingerprint density at radius 3 is 2.36 bits per heavy atom. The number of sulfonamides is 2. The molecule has 1 amide bonds. The molecule has 1 fully saturated rings. The molecule has 0 radical (unpaired) electrons. The molecule has 4 rings (SSSR count). The second-order valence-electron chi connectivity index (χ2n) is 8.06. The summed E-state index contributed by atoms with van der Waals surface area (Å²) in [6, 6.07) is 15.1. The van der Waals surface area contributed by atoms with Gasteiger partial charge >= 0.3 is 0 Å². The minimum atomic E-state index is -4.14. The van der Waals surface area contributed by atoms with Crippen molar-refractivity contribution in [3.63, 3.8) is 0 Å². The molecule has 0 aromatic heterocycles. The number of hydrogen-bond donors (Lipinski definition) is 2. The Balaban J connectivity index is 1.56. The topological polar surface area (TPSA) is 122 Å². The maximum absolute atomic E-state index is 13.9. The fraction of sp³-hybridized carbons (Fsp3) is 0.208. The van der Waals surface area contributed by atoms with Crippen LogP contribution in [0.5, 0.6) is 0 Å². The van der Waals surface area contributed by atoms with Gasteiger partial charge in [-0.3, -0.25) is 9.52 Å². The summed E-state index contributed by atoms with van der Waals surface area (Å²) in [4.78, 5) is 12.8. The van der Waals surface area contributed by atoms with Crippen molar-refractivity contribution in [1.82, 2.24) is 4.31 Å². The maximum Gasteiger partial charge on any atom is 0.262 e. The number of aryl methyl sites for hydroxylation is 1. The first-order chi connectivity index (χ1) is 17.1. The third-order valence-electron chi connectivity index (χ3n) is 5.58. The largest absolute Gasteiger partial charge is 0.379 e. The van der Waals surface area contributed by atoms with Gasteiger partial charge in [0.1, 0.15) is 5.82 Å². The second kappa shape index (κ2) is 10.3. The summed E-state index contributed by atoms with van der Waals surface area (Å²) in [6.07, 6.45) is 0. The van der Waals surface area contributed by atoms with Crippen LogP contribution >= 0.6 is 0 Å². The standard InChI is InChI=1S/C24H24FN3O6S2/c1-17-9-10-20(36(32,33)28-11-13-34-14-12-28)16-21(17)24(29)26-18-5-4-6-19(15-18)35(30,31)27-23-8-3-2-7-22(23)25/h2-10,15-16,27H,11-14H2,1H3,(H,26,29). The molecule has 0 bridgehead atoms. The number of nitrogens with zero attached hydrogens (tertiary/aromatic N) is 1. The van der Waals surface area contributed by atoms with E-state index in [9.17, 15) is 26.0 Å². The Kier molecular flexibility index (Phi) is 7.41. The Bertz CT molecular complexity index is 1500. The van der Waals surface area contributed by atoms with E-state index in [2.05, 4.69) is 10.0 Å². The number of halogens is 1. The molecule has 12 heteroatoms. The van der Waals surface area contributed by atoms with Gasteiger partial charge in [-0.05, 0) is 55.0 Å². The Hall–Kier alpha value is -3.32. The lowest BCUT2D eigenvalue weighted by molar-refractivity contribution is 0.0730. The van der Waals surface area contributed by atoms with Crippen molar-refractivity contribution in [3.8, 4) is 0 Å². The smallest absolute Gasteiger partial charge is 0.262 e. The predicted molar refractivity (Wildman–Crippen MR) is 132 cm³/mol. The Morgan fingerprint density at radius 1 is 0.917 bits per heavy atom. The van der Waals surface area contributed by atoms with Gasteiger partial charge in [0.05, 0.1) is 28.7 Å². The molecule has 1 heterocycles. The normalized spacial score (nSPS) is 14.8. The van der Waals surface area contributed by atoms with Gasteiger partial charge in [-0.2, -0.15) is 4.31 Å². The van der Waals surface area contributed by atoms with Gasteiger partial charge in [0, 0.05) is 24.3 Å². The first-order valence-corrected chi connectivity index (χ1v) is 13.9. The quantitative estimate of drug-likeness (QED) is 0.481. The molecule has 3 aromatic rings. The van der Waals surface area contributed by atoms with Crippen LogP contribution in [-0.4, -0.2) is 53.4 Å². The van der Waals surface area contributed by atoms with Crippen molar-refractivity contribution >= 4 is 37.3 Å². The first-order valence-electron chi connectivity index (χ1n) is 11.0. The summed E-state index contributed by atoms with van der Waals surface area (Å²) >= 11 is 0. The molecule has 36 heavy (non-hydrogen) atoms. The summed E-state index contributed by atoms with van der Waals surface area (Å²) in [6.45, 7) is 2.70. The molecule has 0 spiro atoms. The van der Waals surface area contributed by atoms with Crippen molar-refractivity contribution in [2.45, 2.75) is 16.7 Å². The fourth-order valence-electron chi connectivity index (χ4n) is 3.63. The molecule has 2 N–H and O–H groups in total. The number of amides is 1. The van der Waals surface area contributed by atoms with Crippen LogP contribution in [0.3, 0.4) is 0 Å². The summed E-state index contributed by atoms with van der Waals surface area (Å²) in [7, 11) is -7.95. The van der Waals surface area contributed by atoms with Crippen LogP contribution in [0.4, 0.5) is 15.8 Å². The van der Waals surface area contributed by atoms with E-state index in [0.29, 0.717) is 18.8 Å². The van der Waals surface area contributed by atoms with Crippen molar-refractivity contribution in [2.24, 2.45) is 0 Å². The maximum atomic E-state index is 13.9. The minimum Gasteiger partial charge on any atom is -0.379 e. The van der Waals surface area contributed by atoms with E-state index >= 15 is 0 Å². The van der Waals surface area contributed by atoms with Gasteiger partial charge in [-0.15, -0.1) is 0 Å². The van der Waals surface area contributed by atoms with Gasteiger partial charge in [0.25, 0.3) is 15.9 Å². The lowest BCUT2D eigenvalue weighted by Gasteiger charge is -2.26. The van der Waals surface area contributed by atoms with Gasteiger partial charge in [0.15, 0.2) is 0 Å². The highest BCUT2D eigenvalue weighted by molar-refractivity contribution is 7.92. The zero-order chi connectivity index (χ0) is 25.9. The van der Waals surface area contributed by atoms with E-state index in [4.69, 9.17) is 4.74 Å². The number of nitrogens with one attached hydrogen (secondary N) is 2. The van der Waals surface area contributed by atoms with Gasteiger partial charge in [0.2, 0.25) is 10.0 Å². The zero-order valence-corrected chi connectivity index (χ0v) is 20.9. The van der Waals surface area contributed by atoms with Gasteiger partial charge < -0.3 is 10.1 Å². The third kappa shape index (κ3) is 5.57. The molecule has 0 atom stereocenters. The number of carbonyl (C=O) groups is 1. The molecule has 190 valence electrons. The molecule has 3 aromatic carbocycles. The van der Waals surface area contributed by atoms with Crippen LogP contribution in [0, 0.1) is 12.7 Å². The highest BCUT2D eigenvalue weighted by Gasteiger charge is 2.27. The summed E-state index contributed by atoms with van der Waals surface area (Å²) < 4.78 is 74.1. The molecular weight excluding hydrogens is 509 g/mol. The van der Waals surface area contributed by atoms with E-state index in [1.165, 1.54) is 58.9 Å². The van der Waals surface area contributed by atoms with Crippen LogP contribution < -0.4 is 10.0 Å². The molecule has 1 saturated heterocycles. The van der Waals surface area contributed by atoms with E-state index in [0.717, 1.165) is 6.07 Å². The molecular formula is C24H24FN3O6S2. The molecule has 1 aliphatic heterocycles. The van der Waals surface area contributed by atoms with Crippen LogP contribution in [0.25, 0.3) is 0 Å². The van der Waals surface area contributed by atoms with Crippen molar-refractivity contribution < 1.29 is 30.8 Å². The lowest BCUT2D eigenvalue weighted by atomic mass is 10.1. The third-order valence-corrected chi connectivity index (χ3v) is 8.84. The van der Waals surface area contributed by atoms with E-state index in [-0.39, 0.29) is 39.8 Å². The Morgan fingerprint density at radius 2 is 1.64 bits per heavy atom. The molecule has 0 saturated carbocycles. The van der Waals surface area contributed by atoms with Gasteiger partial charge in [-0.1, -0.05) is 24.3 Å². The van der Waals surface area contributed by atoms with E-state index < -0.39 is 31.8 Å². The monoisotopic (exact) mass is 533 g/mol. The van der Waals surface area contributed by atoms with E-state index in [1.807, 2.05) is 0 Å². The second-order valence-corrected chi connectivity index (χ2v) is 11.7. The van der Waals surface area contributed by atoms with Crippen LogP contribution in [0.1, 0.15) is 15.9 Å². The number of ether oxygens (including phenoxy) is 1. The predicted octanol–water partition coefficient (Wildman–Crippen LogP) is 3.21. The van der Waals surface area contributed by atoms with Crippen LogP contribution in [-0.2, 0) is 24.8 Å². The van der Waals surface area contributed by atoms with Crippen LogP contribution in [0.15, 0.2) is 76.5 Å². The first kappa shape index (κ1) is 25.8. The highest BCUT2D eigenvalue weighted by atomic mass is 32.2. The number of anilines is 2. The fourth-order valence-corrected chi connectivity index (χ4v) is 6.18. The average molecular weight is 534 g/mol. The summed E-state index contributed by atoms with van der Waals surface area (Å²) in [5.74, 6) is -1.34. The Labute approximate surface area is 209 Å². The van der Waals surface area contributed by atoms with Crippen molar-refractivity contribution in [1.29, 1.82) is 0 Å². The minimum absolute atomic E-state index is 0.0226. The zero-order valence-electron chi connectivity index (χ0n) is 19.3. The number of carbonyl (C=O) groups excluding carboxylic acids is 1. The lowest BCUT2D eigenvalue weighted by Crippen LogP contribution is -2.40. The van der Waals surface area contributed by atoms with Crippen LogP contribution in [0.2, 0.25) is 0 Å². The molecule has 1 aliphatic rings. The summed E-state index contributed by atoms with van der Waals surface area (Å²) in [5.41, 5.74) is 0.624. The van der Waals surface area contributed by atoms with E-state index in [1.54, 1.807) is 13.0 Å². The van der Waals surface area contributed by atoms with Gasteiger partial charge in [-0.25, -0.2) is 21.2 Å². The number of benzene rings is 3. The highest BCUT2D eigenvalue weighted by Crippen LogP contribution is 2.24. The number of hydrogen-bond acceptors (Lipinski definition) is 6. The number of para-hydroxylation sites is 1. The molecule has 0 aliphatic carbocycles. The molecule has 9 nitrogen and oxygen atoms in total. The summed E-state index contributed by atoms with van der Waals surface area (Å²) in [5, 5.41) is 2.61. The number of morpholine rings is 1. The number of rotatable bonds is 7. The van der Waals surface area contributed by atoms with Crippen molar-refractivity contribution in [3.05, 3.63) is 83.7 Å². The average Bonchev–Trinajstić information content (AvgIpc) is 2.86. The van der Waals surface area contributed by atoms with Crippen molar-refractivity contribution in [2.75, 3.05) is 36.3 Å². The SMILES string of the molecule is Cc1ccc(S(=O)(=O)N2CCOCC2)cc1C(=O)Nc1cccc(S(=O)(=O)Nc2ccccc2F)c1.